The van der Waals surface area contributed by atoms with Crippen molar-refractivity contribution >= 4 is 5.78 Å². The number of carbonyl (C=O) groups excluding carboxylic acids is 1. The Hall–Kier alpha value is -1.63. The summed E-state index contributed by atoms with van der Waals surface area (Å²) < 4.78 is 29.9. The molecule has 0 fully saturated rings. The van der Waals surface area contributed by atoms with Gasteiger partial charge in [-0.25, -0.2) is 0 Å². The summed E-state index contributed by atoms with van der Waals surface area (Å²) in [6, 6.07) is 8.31. The lowest BCUT2D eigenvalue weighted by molar-refractivity contribution is -0.112. The van der Waals surface area contributed by atoms with E-state index in [0.717, 1.165) is 5.56 Å². The largest absolute Gasteiger partial charge is 0.295 e. The first-order valence-corrected chi connectivity index (χ1v) is 4.32. The molecule has 0 aromatic heterocycles. The minimum Gasteiger partial charge on any atom is -0.295 e. The van der Waals surface area contributed by atoms with Crippen LogP contribution >= 0.6 is 0 Å². The SMILES string of the molecule is [2H]C([2H])=C(Cc1ccccc1)/C([2H])=C(\[2H])C(C)=O. The Kier molecular flexibility index (Phi) is 2.21. The summed E-state index contributed by atoms with van der Waals surface area (Å²) in [5.74, 6) is -0.535. The fourth-order valence-corrected chi connectivity index (χ4v) is 1.01. The average Bonchev–Trinajstić information content (AvgIpc) is 2.35. The van der Waals surface area contributed by atoms with E-state index in [1.165, 1.54) is 6.92 Å². The minimum atomic E-state index is -0.535. The lowest BCUT2D eigenvalue weighted by Crippen LogP contribution is -1.87. The topological polar surface area (TPSA) is 17.1 Å². The fraction of sp³-hybridized carbons (Fsp3) is 0.154. The van der Waals surface area contributed by atoms with Crippen LogP contribution in [0.4, 0.5) is 0 Å². The molecule has 1 nitrogen and oxygen atoms in total. The molecular formula is C13H14O. The molecule has 0 saturated heterocycles. The van der Waals surface area contributed by atoms with Crippen molar-refractivity contribution in [1.29, 1.82) is 0 Å². The molecule has 0 aliphatic rings. The molecule has 0 spiro atoms. The van der Waals surface area contributed by atoms with Gasteiger partial charge in [-0.2, -0.15) is 0 Å². The molecule has 0 saturated carbocycles. The Morgan fingerprint density at radius 2 is 2.21 bits per heavy atom. The Balaban J connectivity index is 3.12. The number of ketones is 1. The highest BCUT2D eigenvalue weighted by Crippen LogP contribution is 2.06. The second-order valence-electron chi connectivity index (χ2n) is 2.95. The predicted octanol–water partition coefficient (Wildman–Crippen LogP) is 2.93. The van der Waals surface area contributed by atoms with Crippen LogP contribution < -0.4 is 0 Å². The zero-order valence-electron chi connectivity index (χ0n) is 12.0. The van der Waals surface area contributed by atoms with E-state index in [0.29, 0.717) is 0 Å². The molecule has 0 radical (unpaired) electrons. The maximum Gasteiger partial charge on any atom is 0.152 e. The molecule has 1 heteroatoms. The molecular weight excluding hydrogens is 172 g/mol. The van der Waals surface area contributed by atoms with E-state index >= 15 is 0 Å². The molecule has 0 N–H and O–H groups in total. The molecule has 0 aliphatic carbocycles. The highest BCUT2D eigenvalue weighted by Gasteiger charge is 1.93. The van der Waals surface area contributed by atoms with E-state index in [4.69, 9.17) is 5.48 Å². The van der Waals surface area contributed by atoms with Crippen LogP contribution in [0, 0.1) is 0 Å². The van der Waals surface area contributed by atoms with Crippen molar-refractivity contribution in [2.24, 2.45) is 0 Å². The van der Waals surface area contributed by atoms with Gasteiger partial charge in [0, 0.05) is 0 Å². The van der Waals surface area contributed by atoms with Gasteiger partial charge in [0.2, 0.25) is 0 Å². The molecule has 1 rings (SSSR count). The Morgan fingerprint density at radius 1 is 1.50 bits per heavy atom. The number of hydrogen-bond donors (Lipinski definition) is 0. The second kappa shape index (κ2) is 5.18. The van der Waals surface area contributed by atoms with Crippen molar-refractivity contribution in [2.75, 3.05) is 0 Å². The fourth-order valence-electron chi connectivity index (χ4n) is 1.01. The molecule has 0 aliphatic heterocycles. The van der Waals surface area contributed by atoms with Gasteiger partial charge in [0.25, 0.3) is 0 Å². The van der Waals surface area contributed by atoms with Crippen molar-refractivity contribution < 1.29 is 10.3 Å². The normalized spacial score (nSPS) is 15.5. The lowest BCUT2D eigenvalue weighted by atomic mass is 10.1. The zero-order valence-corrected chi connectivity index (χ0v) is 8.00. The molecule has 72 valence electrons. The zero-order chi connectivity index (χ0) is 13.7. The summed E-state index contributed by atoms with van der Waals surface area (Å²) in [5, 5.41) is 0. The summed E-state index contributed by atoms with van der Waals surface area (Å²) in [6.45, 7) is 0.666. The van der Waals surface area contributed by atoms with Crippen molar-refractivity contribution in [2.45, 2.75) is 13.3 Å². The van der Waals surface area contributed by atoms with Crippen LogP contribution in [-0.2, 0) is 11.2 Å². The van der Waals surface area contributed by atoms with Crippen LogP contribution in [-0.4, -0.2) is 5.78 Å². The lowest BCUT2D eigenvalue weighted by Gasteiger charge is -1.99. The van der Waals surface area contributed by atoms with Crippen molar-refractivity contribution in [3.8, 4) is 0 Å². The average molecular weight is 190 g/mol. The van der Waals surface area contributed by atoms with Gasteiger partial charge in [0.15, 0.2) is 5.78 Å². The first kappa shape index (κ1) is 5.97. The first-order chi connectivity index (χ1) is 8.43. The third-order valence-corrected chi connectivity index (χ3v) is 1.61. The molecule has 0 unspecified atom stereocenters. The highest BCUT2D eigenvalue weighted by molar-refractivity contribution is 5.87. The van der Waals surface area contributed by atoms with Crippen LogP contribution in [0.1, 0.15) is 18.0 Å². The number of hydrogen-bond acceptors (Lipinski definition) is 1. The van der Waals surface area contributed by atoms with Gasteiger partial charge in [-0.3, -0.25) is 4.79 Å². The predicted molar refractivity (Wildman–Crippen MR) is 59.1 cm³/mol. The van der Waals surface area contributed by atoms with Crippen molar-refractivity contribution in [3.05, 3.63) is 60.1 Å². The number of rotatable bonds is 4. The van der Waals surface area contributed by atoms with E-state index in [2.05, 4.69) is 0 Å². The van der Waals surface area contributed by atoms with Gasteiger partial charge in [-0.05, 0) is 25.0 Å². The van der Waals surface area contributed by atoms with Gasteiger partial charge in [-0.15, -0.1) is 0 Å². The van der Waals surface area contributed by atoms with Crippen LogP contribution in [0.15, 0.2) is 54.5 Å². The van der Waals surface area contributed by atoms with Gasteiger partial charge in [-0.1, -0.05) is 48.5 Å². The third kappa shape index (κ3) is 3.85. The molecule has 0 heterocycles. The van der Waals surface area contributed by atoms with Crippen molar-refractivity contribution in [3.63, 3.8) is 0 Å². The molecule has 14 heavy (non-hydrogen) atoms. The van der Waals surface area contributed by atoms with Gasteiger partial charge >= 0.3 is 0 Å². The molecule has 0 atom stereocenters. The summed E-state index contributed by atoms with van der Waals surface area (Å²) >= 11 is 0. The van der Waals surface area contributed by atoms with Crippen LogP contribution in [0.3, 0.4) is 0 Å². The van der Waals surface area contributed by atoms with E-state index < -0.39 is 18.4 Å². The summed E-state index contributed by atoms with van der Waals surface area (Å²) in [6.07, 6.45) is 0.206. The summed E-state index contributed by atoms with van der Waals surface area (Å²) in [7, 11) is 0. The number of allylic oxidation sites excluding steroid dienone is 3. The molecule has 1 aromatic carbocycles. The highest BCUT2D eigenvalue weighted by atomic mass is 16.1. The van der Waals surface area contributed by atoms with Crippen molar-refractivity contribution in [1.82, 2.24) is 0 Å². The van der Waals surface area contributed by atoms with E-state index in [9.17, 15) is 4.79 Å². The number of benzene rings is 1. The van der Waals surface area contributed by atoms with E-state index in [-0.39, 0.29) is 18.0 Å². The maximum atomic E-state index is 11.1. The maximum absolute atomic E-state index is 11.1. The van der Waals surface area contributed by atoms with Gasteiger partial charge in [0.1, 0.15) is 0 Å². The van der Waals surface area contributed by atoms with Gasteiger partial charge < -0.3 is 0 Å². The monoisotopic (exact) mass is 190 g/mol. The van der Waals surface area contributed by atoms with Crippen LogP contribution in [0.2, 0.25) is 0 Å². The van der Waals surface area contributed by atoms with Crippen LogP contribution in [0.5, 0.6) is 0 Å². The Morgan fingerprint density at radius 3 is 2.79 bits per heavy atom. The summed E-state index contributed by atoms with van der Waals surface area (Å²) in [5.41, 5.74) is 0.923. The summed E-state index contributed by atoms with van der Waals surface area (Å²) in [4.78, 5) is 11.1. The molecule has 0 amide bonds. The molecule has 0 bridgehead atoms. The van der Waals surface area contributed by atoms with Gasteiger partial charge in [0.05, 0.1) is 5.48 Å². The van der Waals surface area contributed by atoms with E-state index in [1.807, 2.05) is 30.3 Å². The quantitative estimate of drug-likeness (QED) is 0.527. The number of carbonyl (C=O) groups is 1. The smallest absolute Gasteiger partial charge is 0.152 e. The van der Waals surface area contributed by atoms with Crippen LogP contribution in [0.25, 0.3) is 0 Å². The second-order valence-corrected chi connectivity index (χ2v) is 2.95. The minimum absolute atomic E-state index is 0.0846. The Bertz CT molecular complexity index is 499. The Labute approximate surface area is 90.4 Å². The molecule has 1 aromatic rings. The standard InChI is InChI=1S/C13H14O/c1-11(8-9-12(2)14)10-13-6-4-3-5-7-13/h3-9H,1,10H2,2H3/b9-8+/i1D2,8D,9D. The van der Waals surface area contributed by atoms with E-state index in [1.54, 1.807) is 0 Å². The third-order valence-electron chi connectivity index (χ3n) is 1.61. The first-order valence-electron chi connectivity index (χ1n) is 6.32.